The molecule has 0 atom stereocenters. The number of nitrogens with two attached hydrogens (primary N) is 1. The molecule has 6 nitrogen and oxygen atoms in total. The van der Waals surface area contributed by atoms with Crippen molar-refractivity contribution in [2.75, 3.05) is 6.61 Å². The van der Waals surface area contributed by atoms with E-state index in [2.05, 4.69) is 9.98 Å². The van der Waals surface area contributed by atoms with Gasteiger partial charge in [-0.25, -0.2) is 4.99 Å². The van der Waals surface area contributed by atoms with Gasteiger partial charge in [0.15, 0.2) is 0 Å². The summed E-state index contributed by atoms with van der Waals surface area (Å²) in [6.07, 6.45) is 6.16. The van der Waals surface area contributed by atoms with Crippen molar-refractivity contribution in [2.24, 2.45) is 10.7 Å². The van der Waals surface area contributed by atoms with E-state index >= 15 is 0 Å². The highest BCUT2D eigenvalue weighted by atomic mass is 16.5. The van der Waals surface area contributed by atoms with Gasteiger partial charge in [0.05, 0.1) is 5.71 Å². The lowest BCUT2D eigenvalue weighted by atomic mass is 10.1. The summed E-state index contributed by atoms with van der Waals surface area (Å²) in [7, 11) is 0. The Kier molecular flexibility index (Phi) is 5.76. The van der Waals surface area contributed by atoms with Crippen molar-refractivity contribution in [3.8, 4) is 5.75 Å². The molecule has 1 aromatic heterocycles. The number of benzene rings is 1. The van der Waals surface area contributed by atoms with E-state index in [-0.39, 0.29) is 18.3 Å². The van der Waals surface area contributed by atoms with Crippen LogP contribution in [0.2, 0.25) is 0 Å². The summed E-state index contributed by atoms with van der Waals surface area (Å²) in [5.41, 5.74) is 6.80. The van der Waals surface area contributed by atoms with Crippen molar-refractivity contribution in [2.45, 2.75) is 0 Å². The smallest absolute Gasteiger partial charge is 0.146 e. The second-order valence-electron chi connectivity index (χ2n) is 4.57. The number of aromatic nitrogens is 1. The lowest BCUT2D eigenvalue weighted by Crippen LogP contribution is -2.22. The molecule has 0 radical (unpaired) electrons. The van der Waals surface area contributed by atoms with Gasteiger partial charge >= 0.3 is 0 Å². The average Bonchev–Trinajstić information content (AvgIpc) is 2.59. The van der Waals surface area contributed by atoms with E-state index in [9.17, 15) is 0 Å². The maximum absolute atomic E-state index is 7.91. The zero-order chi connectivity index (χ0) is 16.5. The lowest BCUT2D eigenvalue weighted by molar-refractivity contribution is 0.375. The molecular formula is C17H17N5O. The molecule has 2 aromatic rings. The van der Waals surface area contributed by atoms with Gasteiger partial charge in [-0.3, -0.25) is 10.4 Å². The first-order valence-corrected chi connectivity index (χ1v) is 6.91. The van der Waals surface area contributed by atoms with Crippen LogP contribution in [0.3, 0.4) is 0 Å². The van der Waals surface area contributed by atoms with Gasteiger partial charge in [0.2, 0.25) is 0 Å². The maximum atomic E-state index is 7.91. The molecule has 0 amide bonds. The van der Waals surface area contributed by atoms with Gasteiger partial charge in [-0.2, -0.15) is 0 Å². The van der Waals surface area contributed by atoms with Crippen molar-refractivity contribution in [3.63, 3.8) is 0 Å². The van der Waals surface area contributed by atoms with Crippen molar-refractivity contribution in [3.05, 3.63) is 72.6 Å². The zero-order valence-corrected chi connectivity index (χ0v) is 12.4. The molecule has 1 aromatic carbocycles. The van der Waals surface area contributed by atoms with Crippen LogP contribution in [0.15, 0.2) is 72.0 Å². The number of pyridine rings is 1. The fourth-order valence-corrected chi connectivity index (χ4v) is 1.69. The zero-order valence-electron chi connectivity index (χ0n) is 12.4. The van der Waals surface area contributed by atoms with Gasteiger partial charge in [0.25, 0.3) is 0 Å². The number of hydrogen-bond acceptors (Lipinski definition) is 4. The summed E-state index contributed by atoms with van der Waals surface area (Å²) >= 11 is 0. The largest absolute Gasteiger partial charge is 0.486 e. The lowest BCUT2D eigenvalue weighted by Gasteiger charge is -2.04. The first-order chi connectivity index (χ1) is 11.1. The Morgan fingerprint density at radius 2 is 1.78 bits per heavy atom. The molecule has 4 N–H and O–H groups in total. The molecule has 2 rings (SSSR count). The fourth-order valence-electron chi connectivity index (χ4n) is 1.69. The van der Waals surface area contributed by atoms with E-state index in [1.165, 1.54) is 12.2 Å². The highest BCUT2D eigenvalue weighted by molar-refractivity contribution is 6.10. The molecule has 0 spiro atoms. The van der Waals surface area contributed by atoms with E-state index in [0.29, 0.717) is 11.5 Å². The van der Waals surface area contributed by atoms with E-state index in [1.54, 1.807) is 24.5 Å². The van der Waals surface area contributed by atoms with E-state index < -0.39 is 0 Å². The molecular weight excluding hydrogens is 290 g/mol. The maximum Gasteiger partial charge on any atom is 0.146 e. The molecule has 6 heteroatoms. The summed E-state index contributed by atoms with van der Waals surface area (Å²) in [6.45, 7) is 0.0797. The average molecular weight is 307 g/mol. The minimum atomic E-state index is -0.0403. The van der Waals surface area contributed by atoms with Crippen LogP contribution in [-0.2, 0) is 0 Å². The summed E-state index contributed by atoms with van der Waals surface area (Å²) in [5, 5.41) is 15.6. The number of rotatable bonds is 6. The Morgan fingerprint density at radius 3 is 2.48 bits per heavy atom. The summed E-state index contributed by atoms with van der Waals surface area (Å²) in [6, 6.07) is 12.7. The van der Waals surface area contributed by atoms with Gasteiger partial charge in [-0.1, -0.05) is 30.3 Å². The number of hydrogen-bond donors (Lipinski definition) is 3. The number of aliphatic imine (C=N–C) groups is 1. The van der Waals surface area contributed by atoms with E-state index in [1.807, 2.05) is 30.3 Å². The van der Waals surface area contributed by atoms with Crippen molar-refractivity contribution in [1.82, 2.24) is 4.98 Å². The molecule has 1 heterocycles. The minimum absolute atomic E-state index is 0.0403. The van der Waals surface area contributed by atoms with Crippen LogP contribution in [0.1, 0.15) is 5.56 Å². The summed E-state index contributed by atoms with van der Waals surface area (Å²) in [4.78, 5) is 7.79. The predicted octanol–water partition coefficient (Wildman–Crippen LogP) is 2.42. The topological polar surface area (TPSA) is 108 Å². The van der Waals surface area contributed by atoms with Crippen molar-refractivity contribution >= 4 is 17.4 Å². The number of nitrogens with zero attached hydrogens (tertiary/aromatic N) is 2. The summed E-state index contributed by atoms with van der Waals surface area (Å²) in [5.74, 6) is 0.773. The van der Waals surface area contributed by atoms with Gasteiger partial charge in [-0.15, -0.1) is 0 Å². The monoisotopic (exact) mass is 307 g/mol. The normalized spacial score (nSPS) is 11.4. The molecule has 23 heavy (non-hydrogen) atoms. The van der Waals surface area contributed by atoms with Crippen LogP contribution < -0.4 is 10.5 Å². The van der Waals surface area contributed by atoms with Crippen molar-refractivity contribution < 1.29 is 4.74 Å². The Bertz CT molecular complexity index is 723. The van der Waals surface area contributed by atoms with Crippen LogP contribution in [0.5, 0.6) is 5.75 Å². The second-order valence-corrected chi connectivity index (χ2v) is 4.57. The molecule has 0 unspecified atom stereocenters. The number of allylic oxidation sites excluding steroid dienone is 1. The third-order valence-corrected chi connectivity index (χ3v) is 2.79. The van der Waals surface area contributed by atoms with Crippen LogP contribution in [0, 0.1) is 10.8 Å². The van der Waals surface area contributed by atoms with Gasteiger partial charge < -0.3 is 15.9 Å². The SMILES string of the molecule is N=C(/C=C\C(=N)c1ccccc1)N=C(N)COc1ccncc1. The molecule has 0 saturated heterocycles. The standard InChI is InChI=1S/C17H17N5O/c18-15(13-4-2-1-3-5-13)6-7-16(19)22-17(20)12-23-14-8-10-21-11-9-14/h1-11,18H,12H2,(H3,19,20,22)/b7-6-,18-15?. The van der Waals surface area contributed by atoms with Crippen molar-refractivity contribution in [1.29, 1.82) is 10.8 Å². The Morgan fingerprint density at radius 1 is 1.09 bits per heavy atom. The van der Waals surface area contributed by atoms with E-state index in [0.717, 1.165) is 5.56 Å². The van der Waals surface area contributed by atoms with Gasteiger partial charge in [0.1, 0.15) is 24.0 Å². The fraction of sp³-hybridized carbons (Fsp3) is 0.0588. The minimum Gasteiger partial charge on any atom is -0.486 e. The number of nitrogens with one attached hydrogen (secondary N) is 2. The summed E-state index contributed by atoms with van der Waals surface area (Å²) < 4.78 is 5.40. The van der Waals surface area contributed by atoms with Gasteiger partial charge in [-0.05, 0) is 29.8 Å². The molecule has 0 aliphatic heterocycles. The highest BCUT2D eigenvalue weighted by Gasteiger charge is 1.99. The Balaban J connectivity index is 1.87. The van der Waals surface area contributed by atoms with Gasteiger partial charge in [0, 0.05) is 12.4 Å². The second kappa shape index (κ2) is 8.23. The molecule has 0 bridgehead atoms. The molecule has 0 saturated carbocycles. The first kappa shape index (κ1) is 16.1. The Hall–Kier alpha value is -3.28. The third-order valence-electron chi connectivity index (χ3n) is 2.79. The van der Waals surface area contributed by atoms with Crippen LogP contribution in [0.4, 0.5) is 0 Å². The van der Waals surface area contributed by atoms with Crippen LogP contribution in [0.25, 0.3) is 0 Å². The highest BCUT2D eigenvalue weighted by Crippen LogP contribution is 2.06. The molecule has 0 fully saturated rings. The number of ether oxygens (including phenoxy) is 1. The van der Waals surface area contributed by atoms with Crippen LogP contribution in [-0.4, -0.2) is 29.0 Å². The molecule has 0 aliphatic rings. The van der Waals surface area contributed by atoms with Crippen LogP contribution >= 0.6 is 0 Å². The molecule has 116 valence electrons. The number of amidine groups is 2. The Labute approximate surface area is 134 Å². The molecule has 0 aliphatic carbocycles. The van der Waals surface area contributed by atoms with E-state index in [4.69, 9.17) is 21.3 Å². The first-order valence-electron chi connectivity index (χ1n) is 6.91. The predicted molar refractivity (Wildman–Crippen MR) is 91.5 cm³/mol. The quantitative estimate of drug-likeness (QED) is 0.563. The third kappa shape index (κ3) is 5.55.